The average Bonchev–Trinajstić information content (AvgIpc) is 2.04. The maximum atomic E-state index is 13.1. The highest BCUT2D eigenvalue weighted by Crippen LogP contribution is 2.24. The number of halogens is 2. The molecule has 0 fully saturated rings. The van der Waals surface area contributed by atoms with Crippen LogP contribution in [-0.2, 0) is 6.42 Å². The van der Waals surface area contributed by atoms with Gasteiger partial charge in [0.15, 0.2) is 0 Å². The van der Waals surface area contributed by atoms with Crippen molar-refractivity contribution in [2.45, 2.75) is 19.5 Å². The minimum Gasteiger partial charge on any atom is -0.330 e. The molecule has 0 radical (unpaired) electrons. The highest BCUT2D eigenvalue weighted by molar-refractivity contribution is 5.30. The van der Waals surface area contributed by atoms with Crippen LogP contribution in [-0.4, -0.2) is 6.54 Å². The molecule has 3 heteroatoms. The Morgan fingerprint density at radius 2 is 2.15 bits per heavy atom. The standard InChI is InChI=1S/C10H13F2N/c1-7(11)10-8(5-6-13)3-2-4-9(10)12/h2-4,7H,5-6,13H2,1H3. The van der Waals surface area contributed by atoms with Crippen LogP contribution in [0, 0.1) is 5.82 Å². The van der Waals surface area contributed by atoms with E-state index in [2.05, 4.69) is 0 Å². The number of rotatable bonds is 3. The molecule has 0 saturated heterocycles. The van der Waals surface area contributed by atoms with Gasteiger partial charge in [0.1, 0.15) is 12.0 Å². The molecule has 1 aromatic carbocycles. The van der Waals surface area contributed by atoms with Gasteiger partial charge in [-0.25, -0.2) is 8.78 Å². The van der Waals surface area contributed by atoms with E-state index in [9.17, 15) is 8.78 Å². The molecule has 0 saturated carbocycles. The molecule has 0 heterocycles. The zero-order valence-corrected chi connectivity index (χ0v) is 7.56. The predicted octanol–water partition coefficient (Wildman–Crippen LogP) is 2.36. The van der Waals surface area contributed by atoms with Gasteiger partial charge < -0.3 is 5.73 Å². The fraction of sp³-hybridized carbons (Fsp3) is 0.400. The van der Waals surface area contributed by atoms with E-state index >= 15 is 0 Å². The molecule has 0 bridgehead atoms. The smallest absolute Gasteiger partial charge is 0.129 e. The van der Waals surface area contributed by atoms with E-state index in [1.165, 1.54) is 13.0 Å². The van der Waals surface area contributed by atoms with Gasteiger partial charge in [-0.15, -0.1) is 0 Å². The topological polar surface area (TPSA) is 26.0 Å². The molecular formula is C10H13F2N. The molecule has 1 rings (SSSR count). The SMILES string of the molecule is CC(F)c1c(F)cccc1CCN. The number of hydrogen-bond acceptors (Lipinski definition) is 1. The second kappa shape index (κ2) is 4.33. The Bertz CT molecular complexity index is 284. The first kappa shape index (κ1) is 10.1. The molecule has 1 unspecified atom stereocenters. The van der Waals surface area contributed by atoms with Crippen LogP contribution < -0.4 is 5.73 Å². The number of alkyl halides is 1. The van der Waals surface area contributed by atoms with Gasteiger partial charge in [0.05, 0.1) is 0 Å². The molecule has 2 N–H and O–H groups in total. The van der Waals surface area contributed by atoms with E-state index in [0.717, 1.165) is 0 Å². The summed E-state index contributed by atoms with van der Waals surface area (Å²) in [7, 11) is 0. The highest BCUT2D eigenvalue weighted by atomic mass is 19.1. The van der Waals surface area contributed by atoms with Gasteiger partial charge in [0.25, 0.3) is 0 Å². The molecule has 0 amide bonds. The predicted molar refractivity (Wildman–Crippen MR) is 48.7 cm³/mol. The molecular weight excluding hydrogens is 172 g/mol. The molecule has 1 nitrogen and oxygen atoms in total. The quantitative estimate of drug-likeness (QED) is 0.768. The molecule has 0 aliphatic heterocycles. The van der Waals surface area contributed by atoms with Gasteiger partial charge in [-0.05, 0) is 31.5 Å². The third kappa shape index (κ3) is 2.25. The second-order valence-electron chi connectivity index (χ2n) is 2.97. The number of hydrogen-bond donors (Lipinski definition) is 1. The summed E-state index contributed by atoms with van der Waals surface area (Å²) >= 11 is 0. The molecule has 0 aliphatic rings. The molecule has 1 atom stereocenters. The summed E-state index contributed by atoms with van der Waals surface area (Å²) in [5.74, 6) is -0.485. The minimum atomic E-state index is -1.28. The van der Waals surface area contributed by atoms with Crippen LogP contribution in [0.2, 0.25) is 0 Å². The highest BCUT2D eigenvalue weighted by Gasteiger charge is 2.13. The van der Waals surface area contributed by atoms with E-state index in [4.69, 9.17) is 5.73 Å². The lowest BCUT2D eigenvalue weighted by atomic mass is 10.0. The maximum absolute atomic E-state index is 13.1. The van der Waals surface area contributed by atoms with Crippen molar-refractivity contribution >= 4 is 0 Å². The molecule has 1 aromatic rings. The first-order valence-corrected chi connectivity index (χ1v) is 4.28. The summed E-state index contributed by atoms with van der Waals surface area (Å²) in [5, 5.41) is 0. The van der Waals surface area contributed by atoms with Crippen molar-refractivity contribution in [3.63, 3.8) is 0 Å². The fourth-order valence-corrected chi connectivity index (χ4v) is 1.40. The first-order valence-electron chi connectivity index (χ1n) is 4.28. The van der Waals surface area contributed by atoms with E-state index in [-0.39, 0.29) is 5.56 Å². The molecule has 13 heavy (non-hydrogen) atoms. The van der Waals surface area contributed by atoms with Crippen LogP contribution in [0.25, 0.3) is 0 Å². The van der Waals surface area contributed by atoms with Crippen molar-refractivity contribution in [3.05, 3.63) is 35.1 Å². The monoisotopic (exact) mass is 185 g/mol. The summed E-state index contributed by atoms with van der Waals surface area (Å²) in [4.78, 5) is 0. The number of nitrogens with two attached hydrogens (primary N) is 1. The Hall–Kier alpha value is -0.960. The third-order valence-electron chi connectivity index (χ3n) is 1.95. The normalized spacial score (nSPS) is 12.9. The van der Waals surface area contributed by atoms with Crippen LogP contribution in [0.5, 0.6) is 0 Å². The van der Waals surface area contributed by atoms with Gasteiger partial charge >= 0.3 is 0 Å². The summed E-state index contributed by atoms with van der Waals surface area (Å²) in [6.07, 6.45) is -0.760. The van der Waals surface area contributed by atoms with Crippen molar-refractivity contribution in [2.24, 2.45) is 5.73 Å². The lowest BCUT2D eigenvalue weighted by Gasteiger charge is -2.10. The number of benzene rings is 1. The zero-order valence-electron chi connectivity index (χ0n) is 7.56. The second-order valence-corrected chi connectivity index (χ2v) is 2.97. The summed E-state index contributed by atoms with van der Waals surface area (Å²) in [5.41, 5.74) is 6.15. The van der Waals surface area contributed by atoms with Crippen LogP contribution in [0.4, 0.5) is 8.78 Å². The summed E-state index contributed by atoms with van der Waals surface area (Å²) < 4.78 is 26.1. The Labute approximate surface area is 76.6 Å². The summed E-state index contributed by atoms with van der Waals surface area (Å²) in [6.45, 7) is 1.74. The fourth-order valence-electron chi connectivity index (χ4n) is 1.40. The minimum absolute atomic E-state index is 0.146. The van der Waals surface area contributed by atoms with E-state index in [1.807, 2.05) is 0 Å². The molecule has 72 valence electrons. The van der Waals surface area contributed by atoms with Gasteiger partial charge in [0.2, 0.25) is 0 Å². The van der Waals surface area contributed by atoms with E-state index in [1.54, 1.807) is 12.1 Å². The maximum Gasteiger partial charge on any atom is 0.129 e. The Kier molecular flexibility index (Phi) is 3.37. The molecule has 0 aliphatic carbocycles. The lowest BCUT2D eigenvalue weighted by molar-refractivity contribution is 0.359. The van der Waals surface area contributed by atoms with Crippen molar-refractivity contribution in [2.75, 3.05) is 6.54 Å². The Morgan fingerprint density at radius 1 is 1.46 bits per heavy atom. The lowest BCUT2D eigenvalue weighted by Crippen LogP contribution is -2.07. The third-order valence-corrected chi connectivity index (χ3v) is 1.95. The summed E-state index contributed by atoms with van der Waals surface area (Å²) in [6, 6.07) is 4.55. The van der Waals surface area contributed by atoms with Crippen molar-refractivity contribution in [3.8, 4) is 0 Å². The Balaban J connectivity index is 3.10. The van der Waals surface area contributed by atoms with Crippen LogP contribution in [0.15, 0.2) is 18.2 Å². The van der Waals surface area contributed by atoms with Gasteiger partial charge in [0, 0.05) is 5.56 Å². The van der Waals surface area contributed by atoms with Gasteiger partial charge in [-0.2, -0.15) is 0 Å². The van der Waals surface area contributed by atoms with Gasteiger partial charge in [-0.3, -0.25) is 0 Å². The van der Waals surface area contributed by atoms with E-state index < -0.39 is 12.0 Å². The van der Waals surface area contributed by atoms with Crippen LogP contribution in [0.3, 0.4) is 0 Å². The first-order chi connectivity index (χ1) is 6.16. The zero-order chi connectivity index (χ0) is 9.84. The molecule has 0 aromatic heterocycles. The molecule has 0 spiro atoms. The van der Waals surface area contributed by atoms with Crippen molar-refractivity contribution in [1.29, 1.82) is 0 Å². The van der Waals surface area contributed by atoms with Crippen LogP contribution >= 0.6 is 0 Å². The van der Waals surface area contributed by atoms with Crippen molar-refractivity contribution < 1.29 is 8.78 Å². The van der Waals surface area contributed by atoms with Gasteiger partial charge in [-0.1, -0.05) is 12.1 Å². The average molecular weight is 185 g/mol. The van der Waals surface area contributed by atoms with E-state index in [0.29, 0.717) is 18.5 Å². The Morgan fingerprint density at radius 3 is 2.69 bits per heavy atom. The van der Waals surface area contributed by atoms with Crippen molar-refractivity contribution in [1.82, 2.24) is 0 Å². The largest absolute Gasteiger partial charge is 0.330 e. The van der Waals surface area contributed by atoms with Crippen LogP contribution in [0.1, 0.15) is 24.2 Å².